The Morgan fingerprint density at radius 3 is 2.15 bits per heavy atom. The lowest BCUT2D eigenvalue weighted by atomic mass is 10.0. The van der Waals surface area contributed by atoms with Gasteiger partial charge in [0, 0.05) is 16.3 Å². The number of halogens is 2. The first-order valence-electron chi connectivity index (χ1n) is 10.6. The quantitative estimate of drug-likeness (QED) is 0.560. The predicted molar refractivity (Wildman–Crippen MR) is 125 cm³/mol. The Hall–Kier alpha value is -2.78. The van der Waals surface area contributed by atoms with Crippen molar-refractivity contribution in [2.24, 2.45) is 0 Å². The van der Waals surface area contributed by atoms with Gasteiger partial charge in [0.2, 0.25) is 10.0 Å². The molecule has 0 bridgehead atoms. The number of hydrogen-bond acceptors (Lipinski definition) is 3. The first kappa shape index (κ1) is 23.4. The maximum absolute atomic E-state index is 13.3. The van der Waals surface area contributed by atoms with E-state index in [2.05, 4.69) is 5.32 Å². The van der Waals surface area contributed by atoms with Gasteiger partial charge in [0.15, 0.2) is 6.04 Å². The lowest BCUT2D eigenvalue weighted by Crippen LogP contribution is -3.16. The zero-order chi connectivity index (χ0) is 23.4. The van der Waals surface area contributed by atoms with Crippen LogP contribution in [0.25, 0.3) is 0 Å². The summed E-state index contributed by atoms with van der Waals surface area (Å²) in [5.74, 6) is -0.604. The molecule has 0 aliphatic carbocycles. The first-order valence-corrected chi connectivity index (χ1v) is 12.4. The molecule has 3 aromatic carbocycles. The van der Waals surface area contributed by atoms with Crippen molar-refractivity contribution in [1.82, 2.24) is 4.31 Å². The van der Waals surface area contributed by atoms with Crippen LogP contribution in [-0.2, 0) is 14.8 Å². The van der Waals surface area contributed by atoms with Gasteiger partial charge < -0.3 is 10.2 Å². The summed E-state index contributed by atoms with van der Waals surface area (Å²) in [7, 11) is -3.64. The minimum atomic E-state index is -3.64. The summed E-state index contributed by atoms with van der Waals surface area (Å²) in [4.78, 5) is 14.4. The van der Waals surface area contributed by atoms with Crippen molar-refractivity contribution >= 4 is 33.2 Å². The molecule has 172 valence electrons. The van der Waals surface area contributed by atoms with Gasteiger partial charge in [-0.1, -0.05) is 41.9 Å². The van der Waals surface area contributed by atoms with E-state index in [1.165, 1.54) is 40.7 Å². The van der Waals surface area contributed by atoms with Gasteiger partial charge in [-0.2, -0.15) is 4.31 Å². The third kappa shape index (κ3) is 5.42. The maximum atomic E-state index is 13.3. The Labute approximate surface area is 197 Å². The molecule has 0 aromatic heterocycles. The van der Waals surface area contributed by atoms with Gasteiger partial charge in [0.25, 0.3) is 5.91 Å². The van der Waals surface area contributed by atoms with E-state index in [9.17, 15) is 17.6 Å². The second-order valence-electron chi connectivity index (χ2n) is 7.86. The highest BCUT2D eigenvalue weighted by Crippen LogP contribution is 2.20. The Balaban J connectivity index is 1.51. The van der Waals surface area contributed by atoms with Crippen LogP contribution < -0.4 is 10.2 Å². The topological polar surface area (TPSA) is 70.9 Å². The summed E-state index contributed by atoms with van der Waals surface area (Å²) in [5.41, 5.74) is 1.34. The molecule has 1 fully saturated rings. The standard InChI is InChI=1S/C24H23ClFN3O3S/c25-19-6-12-22(13-7-19)33(31,32)29-16-14-28(15-17-29)23(18-4-2-1-3-5-18)24(30)27-21-10-8-20(26)9-11-21/h1-13,23H,14-17H2,(H,27,30)/p+1/t23-/m1/s1. The molecule has 0 radical (unpaired) electrons. The Kier molecular flexibility index (Phi) is 7.09. The normalized spacial score (nSPS) is 16.3. The lowest BCUT2D eigenvalue weighted by molar-refractivity contribution is -0.925. The van der Waals surface area contributed by atoms with E-state index in [-0.39, 0.29) is 29.7 Å². The molecule has 1 aliphatic heterocycles. The molecule has 0 saturated carbocycles. The number of hydrogen-bond donors (Lipinski definition) is 2. The van der Waals surface area contributed by atoms with Crippen LogP contribution in [0.3, 0.4) is 0 Å². The van der Waals surface area contributed by atoms with E-state index in [1.54, 1.807) is 12.1 Å². The molecule has 6 nitrogen and oxygen atoms in total. The maximum Gasteiger partial charge on any atom is 0.287 e. The number of rotatable bonds is 6. The fourth-order valence-electron chi connectivity index (χ4n) is 4.02. The molecule has 9 heteroatoms. The van der Waals surface area contributed by atoms with Crippen LogP contribution >= 0.6 is 11.6 Å². The van der Waals surface area contributed by atoms with Crippen molar-refractivity contribution in [2.45, 2.75) is 10.9 Å². The SMILES string of the molecule is O=C(Nc1ccc(F)cc1)[C@@H](c1ccccc1)[NH+]1CCN(S(=O)(=O)c2ccc(Cl)cc2)CC1. The third-order valence-corrected chi connectivity index (χ3v) is 7.90. The summed E-state index contributed by atoms with van der Waals surface area (Å²) in [5, 5.41) is 3.34. The number of quaternary nitrogens is 1. The van der Waals surface area contributed by atoms with Crippen LogP contribution in [-0.4, -0.2) is 44.8 Å². The number of carbonyl (C=O) groups is 1. The second-order valence-corrected chi connectivity index (χ2v) is 10.2. The zero-order valence-electron chi connectivity index (χ0n) is 17.7. The average Bonchev–Trinajstić information content (AvgIpc) is 2.82. The highest BCUT2D eigenvalue weighted by Gasteiger charge is 2.37. The number of carbonyl (C=O) groups excluding carboxylic acids is 1. The number of nitrogens with one attached hydrogen (secondary N) is 2. The fourth-order valence-corrected chi connectivity index (χ4v) is 5.59. The molecule has 1 amide bonds. The molecule has 33 heavy (non-hydrogen) atoms. The number of sulfonamides is 1. The lowest BCUT2D eigenvalue weighted by Gasteiger charge is -2.35. The van der Waals surface area contributed by atoms with Gasteiger partial charge in [-0.15, -0.1) is 0 Å². The smallest absolute Gasteiger partial charge is 0.287 e. The predicted octanol–water partition coefficient (Wildman–Crippen LogP) is 2.75. The van der Waals surface area contributed by atoms with Crippen LogP contribution in [0.2, 0.25) is 5.02 Å². The van der Waals surface area contributed by atoms with E-state index in [0.717, 1.165) is 10.5 Å². The van der Waals surface area contributed by atoms with Gasteiger partial charge in [-0.05, 0) is 48.5 Å². The minimum absolute atomic E-state index is 0.198. The van der Waals surface area contributed by atoms with Crippen LogP contribution in [0.4, 0.5) is 10.1 Å². The molecule has 0 spiro atoms. The van der Waals surface area contributed by atoms with Crippen molar-refractivity contribution in [3.8, 4) is 0 Å². The van der Waals surface area contributed by atoms with Crippen LogP contribution in [0.15, 0.2) is 83.8 Å². The number of nitrogens with zero attached hydrogens (tertiary/aromatic N) is 1. The molecule has 0 unspecified atom stereocenters. The zero-order valence-corrected chi connectivity index (χ0v) is 19.3. The fraction of sp³-hybridized carbons (Fsp3) is 0.208. The molecule has 2 N–H and O–H groups in total. The van der Waals surface area contributed by atoms with Crippen molar-refractivity contribution in [2.75, 3.05) is 31.5 Å². The van der Waals surface area contributed by atoms with Crippen LogP contribution in [0.1, 0.15) is 11.6 Å². The van der Waals surface area contributed by atoms with E-state index in [4.69, 9.17) is 11.6 Å². The van der Waals surface area contributed by atoms with Gasteiger partial charge in [0.1, 0.15) is 5.82 Å². The first-order chi connectivity index (χ1) is 15.8. The molecule has 1 heterocycles. The van der Waals surface area contributed by atoms with Crippen molar-refractivity contribution in [1.29, 1.82) is 0 Å². The molecule has 1 saturated heterocycles. The third-order valence-electron chi connectivity index (χ3n) is 5.73. The molecular formula is C24H24ClFN3O3S+. The Bertz CT molecular complexity index is 1200. The number of benzene rings is 3. The van der Waals surface area contributed by atoms with Crippen molar-refractivity contribution < 1.29 is 22.5 Å². The van der Waals surface area contributed by atoms with Crippen molar-refractivity contribution in [3.05, 3.63) is 95.3 Å². The van der Waals surface area contributed by atoms with Gasteiger partial charge in [0.05, 0.1) is 31.1 Å². The summed E-state index contributed by atoms with van der Waals surface area (Å²) in [6, 6.07) is 20.6. The summed E-state index contributed by atoms with van der Waals surface area (Å²) < 4.78 is 40.7. The highest BCUT2D eigenvalue weighted by atomic mass is 35.5. The van der Waals surface area contributed by atoms with E-state index < -0.39 is 16.1 Å². The van der Waals surface area contributed by atoms with Crippen LogP contribution in [0.5, 0.6) is 0 Å². The monoisotopic (exact) mass is 488 g/mol. The largest absolute Gasteiger partial charge is 0.321 e. The summed E-state index contributed by atoms with van der Waals surface area (Å²) >= 11 is 5.89. The van der Waals surface area contributed by atoms with Gasteiger partial charge >= 0.3 is 0 Å². The molecular weight excluding hydrogens is 465 g/mol. The molecule has 3 aromatic rings. The second kappa shape index (κ2) is 10.0. The van der Waals surface area contributed by atoms with Crippen LogP contribution in [0, 0.1) is 5.82 Å². The number of anilines is 1. The van der Waals surface area contributed by atoms with Crippen molar-refractivity contribution in [3.63, 3.8) is 0 Å². The number of amides is 1. The molecule has 4 rings (SSSR count). The number of piperazine rings is 1. The Morgan fingerprint density at radius 1 is 0.939 bits per heavy atom. The molecule has 1 aliphatic rings. The summed E-state index contributed by atoms with van der Waals surface area (Å²) in [6.07, 6.45) is 0. The summed E-state index contributed by atoms with van der Waals surface area (Å²) in [6.45, 7) is 1.49. The molecule has 1 atom stereocenters. The minimum Gasteiger partial charge on any atom is -0.321 e. The van der Waals surface area contributed by atoms with Gasteiger partial charge in [-0.25, -0.2) is 12.8 Å². The highest BCUT2D eigenvalue weighted by molar-refractivity contribution is 7.89. The van der Waals surface area contributed by atoms with E-state index >= 15 is 0 Å². The van der Waals surface area contributed by atoms with E-state index in [1.807, 2.05) is 30.3 Å². The Morgan fingerprint density at radius 2 is 1.55 bits per heavy atom. The average molecular weight is 489 g/mol. The van der Waals surface area contributed by atoms with Gasteiger partial charge in [-0.3, -0.25) is 4.79 Å². The van der Waals surface area contributed by atoms with E-state index in [0.29, 0.717) is 23.8 Å².